The smallest absolute Gasteiger partial charge is 0.328 e. The van der Waals surface area contributed by atoms with Crippen LogP contribution >= 0.6 is 11.3 Å². The van der Waals surface area contributed by atoms with Crippen molar-refractivity contribution in [3.05, 3.63) is 28.0 Å². The van der Waals surface area contributed by atoms with Gasteiger partial charge in [0, 0.05) is 17.0 Å². The van der Waals surface area contributed by atoms with E-state index in [1.54, 1.807) is 0 Å². The molecule has 5 nitrogen and oxygen atoms in total. The first kappa shape index (κ1) is 13.6. The van der Waals surface area contributed by atoms with E-state index in [1.165, 1.54) is 23.8 Å². The van der Waals surface area contributed by atoms with Crippen LogP contribution in [0.2, 0.25) is 0 Å². The summed E-state index contributed by atoms with van der Waals surface area (Å²) in [5.41, 5.74) is 0.837. The third kappa shape index (κ3) is 4.40. The number of amides is 2. The number of rotatable bonds is 5. The second kappa shape index (κ2) is 6.38. The molecule has 1 aromatic heterocycles. The van der Waals surface area contributed by atoms with Crippen LogP contribution in [0.4, 0.5) is 4.79 Å². The highest BCUT2D eigenvalue weighted by molar-refractivity contribution is 7.10. The van der Waals surface area contributed by atoms with E-state index >= 15 is 0 Å². The molecule has 0 aromatic carbocycles. The highest BCUT2D eigenvalue weighted by Crippen LogP contribution is 2.18. The first-order valence-electron chi connectivity index (χ1n) is 6.16. The topological polar surface area (TPSA) is 78.4 Å². The number of nitrogens with one attached hydrogen (secondary N) is 2. The van der Waals surface area contributed by atoms with Gasteiger partial charge in [-0.05, 0) is 42.3 Å². The van der Waals surface area contributed by atoms with Gasteiger partial charge in [-0.3, -0.25) is 0 Å². The molecule has 1 aliphatic carbocycles. The summed E-state index contributed by atoms with van der Waals surface area (Å²) in [6, 6.07) is 2.06. The van der Waals surface area contributed by atoms with E-state index in [9.17, 15) is 9.59 Å². The predicted molar refractivity (Wildman–Crippen MR) is 74.0 cm³/mol. The molecule has 0 bridgehead atoms. The zero-order valence-electron chi connectivity index (χ0n) is 10.4. The second-order valence-electron chi connectivity index (χ2n) is 4.47. The fourth-order valence-corrected chi connectivity index (χ4v) is 2.50. The predicted octanol–water partition coefficient (Wildman–Crippen LogP) is 2.20. The van der Waals surface area contributed by atoms with E-state index in [-0.39, 0.29) is 6.03 Å². The number of carboxylic acid groups (broad SMARTS) is 1. The Morgan fingerprint density at radius 3 is 2.89 bits per heavy atom. The highest BCUT2D eigenvalue weighted by Gasteiger charge is 2.18. The number of carbonyl (C=O) groups is 2. The van der Waals surface area contributed by atoms with E-state index in [0.29, 0.717) is 12.6 Å². The van der Waals surface area contributed by atoms with Gasteiger partial charge in [0.2, 0.25) is 0 Å². The van der Waals surface area contributed by atoms with Gasteiger partial charge in [-0.1, -0.05) is 0 Å². The molecule has 1 saturated carbocycles. The lowest BCUT2D eigenvalue weighted by molar-refractivity contribution is -0.131. The molecule has 102 valence electrons. The third-order valence-corrected chi connectivity index (χ3v) is 3.91. The standard InChI is InChI=1S/C13H16N2O3S/c16-12(17)5-4-9-6-11(19-8-9)7-14-13(18)15-10-2-1-3-10/h4-6,8,10H,1-3,7H2,(H,16,17)(H2,14,15,18)/b5-4+. The average molecular weight is 280 g/mol. The molecular formula is C13H16N2O3S. The first-order chi connectivity index (χ1) is 9.13. The van der Waals surface area contributed by atoms with Crippen LogP contribution in [0.5, 0.6) is 0 Å². The minimum absolute atomic E-state index is 0.138. The number of hydrogen-bond acceptors (Lipinski definition) is 3. The molecule has 1 aromatic rings. The summed E-state index contributed by atoms with van der Waals surface area (Å²) in [6.45, 7) is 0.462. The van der Waals surface area contributed by atoms with E-state index in [2.05, 4.69) is 10.6 Å². The Bertz CT molecular complexity index is 492. The van der Waals surface area contributed by atoms with Crippen LogP contribution < -0.4 is 10.6 Å². The summed E-state index contributed by atoms with van der Waals surface area (Å²) in [4.78, 5) is 22.9. The molecule has 2 amide bonds. The molecule has 3 N–H and O–H groups in total. The molecule has 0 atom stereocenters. The summed E-state index contributed by atoms with van der Waals surface area (Å²) in [6.07, 6.45) is 5.96. The van der Waals surface area contributed by atoms with Crippen LogP contribution in [-0.4, -0.2) is 23.1 Å². The van der Waals surface area contributed by atoms with Crippen LogP contribution in [0.1, 0.15) is 29.7 Å². The van der Waals surface area contributed by atoms with Crippen LogP contribution in [0.15, 0.2) is 17.5 Å². The number of carbonyl (C=O) groups excluding carboxylic acids is 1. The van der Waals surface area contributed by atoms with Gasteiger partial charge in [0.05, 0.1) is 6.54 Å². The summed E-state index contributed by atoms with van der Waals surface area (Å²) in [5.74, 6) is -0.967. The lowest BCUT2D eigenvalue weighted by Crippen LogP contribution is -2.44. The van der Waals surface area contributed by atoms with Gasteiger partial charge in [0.25, 0.3) is 0 Å². The van der Waals surface area contributed by atoms with Gasteiger partial charge in [0.15, 0.2) is 0 Å². The highest BCUT2D eigenvalue weighted by atomic mass is 32.1. The van der Waals surface area contributed by atoms with Crippen molar-refractivity contribution < 1.29 is 14.7 Å². The van der Waals surface area contributed by atoms with Crippen LogP contribution in [0.3, 0.4) is 0 Å². The molecular weight excluding hydrogens is 264 g/mol. The van der Waals surface area contributed by atoms with E-state index in [4.69, 9.17) is 5.11 Å². The van der Waals surface area contributed by atoms with Gasteiger partial charge < -0.3 is 15.7 Å². The molecule has 1 heterocycles. The summed E-state index contributed by atoms with van der Waals surface area (Å²) in [7, 11) is 0. The number of carboxylic acids is 1. The lowest BCUT2D eigenvalue weighted by atomic mass is 9.93. The zero-order chi connectivity index (χ0) is 13.7. The van der Waals surface area contributed by atoms with Gasteiger partial charge in [-0.2, -0.15) is 0 Å². The summed E-state index contributed by atoms with van der Waals surface area (Å²) >= 11 is 1.50. The maximum atomic E-state index is 11.5. The molecule has 1 fully saturated rings. The molecule has 6 heteroatoms. The van der Waals surface area contributed by atoms with Gasteiger partial charge in [-0.25, -0.2) is 9.59 Å². The van der Waals surface area contributed by atoms with E-state index < -0.39 is 5.97 Å². The number of aliphatic carboxylic acids is 1. The SMILES string of the molecule is O=C(O)/C=C/c1csc(CNC(=O)NC2CCC2)c1. The van der Waals surface area contributed by atoms with Crippen LogP contribution in [0.25, 0.3) is 6.08 Å². The van der Waals surface area contributed by atoms with Crippen molar-refractivity contribution in [1.82, 2.24) is 10.6 Å². The lowest BCUT2D eigenvalue weighted by Gasteiger charge is -2.26. The Labute approximate surface area is 115 Å². The Morgan fingerprint density at radius 1 is 1.47 bits per heavy atom. The van der Waals surface area contributed by atoms with Crippen molar-refractivity contribution in [2.24, 2.45) is 0 Å². The Hall–Kier alpha value is -1.82. The third-order valence-electron chi connectivity index (χ3n) is 2.96. The van der Waals surface area contributed by atoms with Crippen molar-refractivity contribution >= 4 is 29.4 Å². The Morgan fingerprint density at radius 2 is 2.26 bits per heavy atom. The Kier molecular flexibility index (Phi) is 4.57. The summed E-state index contributed by atoms with van der Waals surface area (Å²) < 4.78 is 0. The maximum absolute atomic E-state index is 11.5. The van der Waals surface area contributed by atoms with Crippen molar-refractivity contribution in [2.75, 3.05) is 0 Å². The average Bonchev–Trinajstić information content (AvgIpc) is 2.77. The van der Waals surface area contributed by atoms with E-state index in [0.717, 1.165) is 29.4 Å². The fraction of sp³-hybridized carbons (Fsp3) is 0.385. The number of hydrogen-bond donors (Lipinski definition) is 3. The Balaban J connectivity index is 1.76. The zero-order valence-corrected chi connectivity index (χ0v) is 11.2. The second-order valence-corrected chi connectivity index (χ2v) is 5.47. The van der Waals surface area contributed by atoms with Gasteiger partial charge in [-0.15, -0.1) is 11.3 Å². The molecule has 0 saturated heterocycles. The normalized spacial score (nSPS) is 15.2. The monoisotopic (exact) mass is 280 g/mol. The van der Waals surface area contributed by atoms with Crippen molar-refractivity contribution in [1.29, 1.82) is 0 Å². The molecule has 0 spiro atoms. The minimum atomic E-state index is -0.967. The quantitative estimate of drug-likeness (QED) is 0.723. The van der Waals surface area contributed by atoms with Gasteiger partial charge in [0.1, 0.15) is 0 Å². The van der Waals surface area contributed by atoms with Crippen molar-refractivity contribution in [2.45, 2.75) is 31.8 Å². The number of thiophene rings is 1. The molecule has 0 radical (unpaired) electrons. The first-order valence-corrected chi connectivity index (χ1v) is 7.04. The largest absolute Gasteiger partial charge is 0.478 e. The summed E-state index contributed by atoms with van der Waals surface area (Å²) in [5, 5.41) is 16.1. The van der Waals surface area contributed by atoms with Gasteiger partial charge >= 0.3 is 12.0 Å². The van der Waals surface area contributed by atoms with Crippen molar-refractivity contribution in [3.63, 3.8) is 0 Å². The van der Waals surface area contributed by atoms with Crippen LogP contribution in [0, 0.1) is 0 Å². The van der Waals surface area contributed by atoms with Crippen molar-refractivity contribution in [3.8, 4) is 0 Å². The van der Waals surface area contributed by atoms with E-state index in [1.807, 2.05) is 11.4 Å². The molecule has 0 unspecified atom stereocenters. The maximum Gasteiger partial charge on any atom is 0.328 e. The molecule has 0 aliphatic heterocycles. The number of urea groups is 1. The minimum Gasteiger partial charge on any atom is -0.478 e. The molecule has 2 rings (SSSR count). The molecule has 1 aliphatic rings. The van der Waals surface area contributed by atoms with Crippen LogP contribution in [-0.2, 0) is 11.3 Å². The fourth-order valence-electron chi connectivity index (χ4n) is 1.70. The molecule has 19 heavy (non-hydrogen) atoms.